The fourth-order valence-corrected chi connectivity index (χ4v) is 1.68. The Hall–Kier alpha value is -2.50. The zero-order valence-electron chi connectivity index (χ0n) is 10.3. The van der Waals surface area contributed by atoms with Crippen LogP contribution in [0.15, 0.2) is 24.3 Å². The lowest BCUT2D eigenvalue weighted by Gasteiger charge is -2.06. The summed E-state index contributed by atoms with van der Waals surface area (Å²) >= 11 is 0. The van der Waals surface area contributed by atoms with E-state index in [1.54, 1.807) is 31.2 Å². The van der Waals surface area contributed by atoms with Gasteiger partial charge in [0.1, 0.15) is 0 Å². The Kier molecular flexibility index (Phi) is 3.70. The van der Waals surface area contributed by atoms with Crippen molar-refractivity contribution < 1.29 is 19.4 Å². The van der Waals surface area contributed by atoms with Crippen LogP contribution in [0.5, 0.6) is 0 Å². The molecule has 0 amide bonds. The molecule has 6 nitrogen and oxygen atoms in total. The summed E-state index contributed by atoms with van der Waals surface area (Å²) in [5.41, 5.74) is 0.927. The van der Waals surface area contributed by atoms with E-state index in [9.17, 15) is 9.59 Å². The van der Waals surface area contributed by atoms with Crippen LogP contribution in [0.4, 0.5) is 0 Å². The maximum absolute atomic E-state index is 11.4. The Labute approximate surface area is 109 Å². The predicted molar refractivity (Wildman–Crippen MR) is 66.8 cm³/mol. The van der Waals surface area contributed by atoms with Gasteiger partial charge in [0.05, 0.1) is 29.8 Å². The largest absolute Gasteiger partial charge is 0.476 e. The molecule has 1 heterocycles. The predicted octanol–water partition coefficient (Wildman–Crippen LogP) is 1.43. The van der Waals surface area contributed by atoms with Gasteiger partial charge in [-0.15, -0.1) is 0 Å². The molecule has 0 aliphatic carbocycles. The van der Waals surface area contributed by atoms with Gasteiger partial charge in [-0.2, -0.15) is 0 Å². The van der Waals surface area contributed by atoms with E-state index in [4.69, 9.17) is 9.84 Å². The molecular weight excluding hydrogens is 248 g/mol. The summed E-state index contributed by atoms with van der Waals surface area (Å²) in [6, 6.07) is 6.89. The van der Waals surface area contributed by atoms with E-state index in [-0.39, 0.29) is 24.4 Å². The van der Waals surface area contributed by atoms with E-state index in [1.807, 2.05) is 0 Å². The van der Waals surface area contributed by atoms with Gasteiger partial charge in [-0.05, 0) is 19.1 Å². The van der Waals surface area contributed by atoms with Crippen molar-refractivity contribution in [3.63, 3.8) is 0 Å². The number of esters is 1. The number of para-hydroxylation sites is 2. The molecule has 0 aliphatic rings. The highest BCUT2D eigenvalue weighted by molar-refractivity contribution is 5.91. The van der Waals surface area contributed by atoms with Crippen LogP contribution in [-0.2, 0) is 16.0 Å². The van der Waals surface area contributed by atoms with Crippen LogP contribution in [0.2, 0.25) is 0 Å². The Balaban J connectivity index is 2.47. The number of hydrogen-bond donors (Lipinski definition) is 1. The SMILES string of the molecule is CCOC(=O)Cc1nc2ccccc2nc1C(=O)O. The molecular formula is C13H12N2O4. The number of benzene rings is 1. The number of carboxylic acid groups (broad SMARTS) is 1. The monoisotopic (exact) mass is 260 g/mol. The van der Waals surface area contributed by atoms with Gasteiger partial charge in [0.2, 0.25) is 0 Å². The molecule has 2 rings (SSSR count). The van der Waals surface area contributed by atoms with Crippen LogP contribution in [0, 0.1) is 0 Å². The normalized spacial score (nSPS) is 10.4. The van der Waals surface area contributed by atoms with Crippen LogP contribution >= 0.6 is 0 Å². The van der Waals surface area contributed by atoms with E-state index in [0.29, 0.717) is 11.0 Å². The summed E-state index contributed by atoms with van der Waals surface area (Å²) < 4.78 is 4.79. The first-order valence-corrected chi connectivity index (χ1v) is 5.76. The quantitative estimate of drug-likeness (QED) is 0.836. The molecule has 1 N–H and O–H groups in total. The fraction of sp³-hybridized carbons (Fsp3) is 0.231. The van der Waals surface area contributed by atoms with Crippen molar-refractivity contribution in [2.24, 2.45) is 0 Å². The van der Waals surface area contributed by atoms with Gasteiger partial charge in [-0.3, -0.25) is 4.79 Å². The summed E-state index contributed by atoms with van der Waals surface area (Å²) in [4.78, 5) is 30.8. The lowest BCUT2D eigenvalue weighted by molar-refractivity contribution is -0.142. The smallest absolute Gasteiger partial charge is 0.356 e. The van der Waals surface area contributed by atoms with E-state index < -0.39 is 11.9 Å². The number of rotatable bonds is 4. The third kappa shape index (κ3) is 2.85. The fourth-order valence-electron chi connectivity index (χ4n) is 1.68. The second kappa shape index (κ2) is 5.43. The number of hydrogen-bond acceptors (Lipinski definition) is 5. The first-order valence-electron chi connectivity index (χ1n) is 5.76. The van der Waals surface area contributed by atoms with Crippen molar-refractivity contribution in [1.29, 1.82) is 0 Å². The van der Waals surface area contributed by atoms with Crippen LogP contribution in [0.25, 0.3) is 11.0 Å². The molecule has 0 radical (unpaired) electrons. The van der Waals surface area contributed by atoms with Crippen molar-refractivity contribution >= 4 is 23.0 Å². The topological polar surface area (TPSA) is 89.4 Å². The molecule has 0 saturated carbocycles. The molecule has 0 aliphatic heterocycles. The highest BCUT2D eigenvalue weighted by Gasteiger charge is 2.18. The number of fused-ring (bicyclic) bond motifs is 1. The number of ether oxygens (including phenoxy) is 1. The molecule has 98 valence electrons. The van der Waals surface area contributed by atoms with E-state index in [1.165, 1.54) is 0 Å². The minimum absolute atomic E-state index is 0.115. The summed E-state index contributed by atoms with van der Waals surface area (Å²) in [6.07, 6.45) is -0.201. The average molecular weight is 260 g/mol. The molecule has 0 saturated heterocycles. The molecule has 0 atom stereocenters. The van der Waals surface area contributed by atoms with E-state index in [2.05, 4.69) is 9.97 Å². The summed E-state index contributed by atoms with van der Waals surface area (Å²) in [7, 11) is 0. The lowest BCUT2D eigenvalue weighted by atomic mass is 10.2. The Morgan fingerprint density at radius 2 is 1.84 bits per heavy atom. The standard InChI is InChI=1S/C13H12N2O4/c1-2-19-11(16)7-10-12(13(17)18)15-9-6-4-3-5-8(9)14-10/h3-6H,2,7H2,1H3,(H,17,18). The van der Waals surface area contributed by atoms with Gasteiger partial charge < -0.3 is 9.84 Å². The number of carbonyl (C=O) groups is 2. The average Bonchev–Trinajstić information content (AvgIpc) is 2.38. The maximum Gasteiger partial charge on any atom is 0.356 e. The Morgan fingerprint density at radius 1 is 1.21 bits per heavy atom. The molecule has 1 aromatic carbocycles. The second-order valence-corrected chi connectivity index (χ2v) is 3.79. The van der Waals surface area contributed by atoms with Gasteiger partial charge in [-0.25, -0.2) is 14.8 Å². The molecule has 6 heteroatoms. The van der Waals surface area contributed by atoms with Crippen molar-refractivity contribution in [3.05, 3.63) is 35.7 Å². The zero-order valence-corrected chi connectivity index (χ0v) is 10.3. The summed E-state index contributed by atoms with van der Waals surface area (Å²) in [5.74, 6) is -1.73. The van der Waals surface area contributed by atoms with Gasteiger partial charge in [0, 0.05) is 0 Å². The molecule has 2 aromatic rings. The zero-order chi connectivity index (χ0) is 13.8. The molecule has 0 spiro atoms. The Bertz CT molecular complexity index is 640. The molecule has 19 heavy (non-hydrogen) atoms. The van der Waals surface area contributed by atoms with Crippen molar-refractivity contribution in [1.82, 2.24) is 9.97 Å². The highest BCUT2D eigenvalue weighted by Crippen LogP contribution is 2.13. The number of aromatic nitrogens is 2. The third-order valence-corrected chi connectivity index (χ3v) is 2.46. The summed E-state index contributed by atoms with van der Waals surface area (Å²) in [6.45, 7) is 1.92. The van der Waals surface area contributed by atoms with Crippen LogP contribution < -0.4 is 0 Å². The molecule has 0 unspecified atom stereocenters. The molecule has 0 bridgehead atoms. The van der Waals surface area contributed by atoms with Gasteiger partial charge in [-0.1, -0.05) is 12.1 Å². The number of carboxylic acids is 1. The Morgan fingerprint density at radius 3 is 2.42 bits per heavy atom. The van der Waals surface area contributed by atoms with Crippen molar-refractivity contribution in [2.45, 2.75) is 13.3 Å². The van der Waals surface area contributed by atoms with E-state index in [0.717, 1.165) is 0 Å². The molecule has 0 fully saturated rings. The van der Waals surface area contributed by atoms with Gasteiger partial charge in [0.25, 0.3) is 0 Å². The minimum Gasteiger partial charge on any atom is -0.476 e. The number of aromatic carboxylic acids is 1. The summed E-state index contributed by atoms with van der Waals surface area (Å²) in [5, 5.41) is 9.11. The van der Waals surface area contributed by atoms with Crippen molar-refractivity contribution in [3.8, 4) is 0 Å². The van der Waals surface area contributed by atoms with E-state index >= 15 is 0 Å². The van der Waals surface area contributed by atoms with Gasteiger partial charge in [0.15, 0.2) is 5.69 Å². The van der Waals surface area contributed by atoms with Crippen LogP contribution in [-0.4, -0.2) is 33.6 Å². The third-order valence-electron chi connectivity index (χ3n) is 2.46. The minimum atomic E-state index is -1.21. The highest BCUT2D eigenvalue weighted by atomic mass is 16.5. The lowest BCUT2D eigenvalue weighted by Crippen LogP contribution is -2.15. The van der Waals surface area contributed by atoms with Crippen molar-refractivity contribution in [2.75, 3.05) is 6.61 Å². The second-order valence-electron chi connectivity index (χ2n) is 3.79. The van der Waals surface area contributed by atoms with Gasteiger partial charge >= 0.3 is 11.9 Å². The van der Waals surface area contributed by atoms with Crippen LogP contribution in [0.3, 0.4) is 0 Å². The number of carbonyl (C=O) groups excluding carboxylic acids is 1. The first-order chi connectivity index (χ1) is 9.11. The van der Waals surface area contributed by atoms with Crippen LogP contribution in [0.1, 0.15) is 23.1 Å². The number of nitrogens with zero attached hydrogens (tertiary/aromatic N) is 2. The molecule has 1 aromatic heterocycles. The maximum atomic E-state index is 11.4. The first kappa shape index (κ1) is 12.9.